The fourth-order valence-electron chi connectivity index (χ4n) is 2.38. The first kappa shape index (κ1) is 13.3. The van der Waals surface area contributed by atoms with Crippen molar-refractivity contribution in [2.75, 3.05) is 0 Å². The number of carbonyl (C=O) groups is 2. The van der Waals surface area contributed by atoms with Crippen LogP contribution >= 0.6 is 11.3 Å². The molecule has 1 aliphatic heterocycles. The molecule has 0 saturated carbocycles. The molecule has 98 valence electrons. The molecule has 1 unspecified atom stereocenters. The van der Waals surface area contributed by atoms with Crippen molar-refractivity contribution in [3.05, 3.63) is 21.9 Å². The van der Waals surface area contributed by atoms with Gasteiger partial charge in [-0.2, -0.15) is 11.3 Å². The van der Waals surface area contributed by atoms with E-state index in [2.05, 4.69) is 6.92 Å². The number of thiophene rings is 1. The van der Waals surface area contributed by atoms with E-state index in [1.54, 1.807) is 10.8 Å². The van der Waals surface area contributed by atoms with Crippen LogP contribution < -0.4 is 0 Å². The van der Waals surface area contributed by atoms with E-state index in [1.807, 2.05) is 6.92 Å². The first-order valence-electron chi connectivity index (χ1n) is 6.61. The molecule has 0 aromatic carbocycles. The van der Waals surface area contributed by atoms with Crippen LogP contribution in [0.5, 0.6) is 0 Å². The number of fused-ring (bicyclic) bond motifs is 1. The van der Waals surface area contributed by atoms with Gasteiger partial charge in [-0.3, -0.25) is 14.5 Å². The highest BCUT2D eigenvalue weighted by molar-refractivity contribution is 7.08. The Morgan fingerprint density at radius 2 is 1.72 bits per heavy atom. The summed E-state index contributed by atoms with van der Waals surface area (Å²) in [5, 5.41) is 3.55. The average molecular weight is 265 g/mol. The van der Waals surface area contributed by atoms with Crippen molar-refractivity contribution >= 4 is 23.2 Å². The fourth-order valence-corrected chi connectivity index (χ4v) is 3.17. The first-order chi connectivity index (χ1) is 8.66. The lowest BCUT2D eigenvalue weighted by Gasteiger charge is -2.22. The minimum atomic E-state index is -0.112. The molecule has 4 heteroatoms. The van der Waals surface area contributed by atoms with Crippen LogP contribution in [0.25, 0.3) is 0 Å². The number of hydrogen-bond donors (Lipinski definition) is 0. The number of rotatable bonds is 6. The topological polar surface area (TPSA) is 37.4 Å². The van der Waals surface area contributed by atoms with E-state index in [0.717, 1.165) is 12.8 Å². The van der Waals surface area contributed by atoms with E-state index in [1.165, 1.54) is 35.5 Å². The summed E-state index contributed by atoms with van der Waals surface area (Å²) in [6, 6.07) is 0.0132. The predicted octanol–water partition coefficient (Wildman–Crippen LogP) is 3.70. The third-order valence-corrected chi connectivity index (χ3v) is 4.22. The molecule has 1 aliphatic rings. The molecule has 18 heavy (non-hydrogen) atoms. The second-order valence-corrected chi connectivity index (χ2v) is 5.62. The summed E-state index contributed by atoms with van der Waals surface area (Å²) < 4.78 is 0. The minimum Gasteiger partial charge on any atom is -0.271 e. The van der Waals surface area contributed by atoms with Gasteiger partial charge in [0, 0.05) is 16.8 Å². The summed E-state index contributed by atoms with van der Waals surface area (Å²) in [5.74, 6) is -0.224. The molecule has 0 bridgehead atoms. The van der Waals surface area contributed by atoms with Gasteiger partial charge in [-0.1, -0.05) is 32.6 Å². The molecule has 0 fully saturated rings. The number of imide groups is 1. The predicted molar refractivity (Wildman–Crippen MR) is 73.0 cm³/mol. The highest BCUT2D eigenvalue weighted by Gasteiger charge is 2.38. The van der Waals surface area contributed by atoms with Crippen LogP contribution in [0.1, 0.15) is 66.7 Å². The highest BCUT2D eigenvalue weighted by Crippen LogP contribution is 2.28. The summed E-state index contributed by atoms with van der Waals surface area (Å²) in [6.45, 7) is 4.14. The van der Waals surface area contributed by atoms with Crippen molar-refractivity contribution in [1.29, 1.82) is 0 Å². The lowest BCUT2D eigenvalue weighted by molar-refractivity contribution is 0.0588. The minimum absolute atomic E-state index is 0.0132. The fraction of sp³-hybridized carbons (Fsp3) is 0.571. The lowest BCUT2D eigenvalue weighted by atomic mass is 10.1. The van der Waals surface area contributed by atoms with E-state index < -0.39 is 0 Å². The third kappa shape index (κ3) is 2.34. The molecular formula is C14H19NO2S. The standard InChI is InChI=1S/C14H19NO2S/c1-3-4-5-6-7-10(2)15-13(16)11-8-18-9-12(11)14(15)17/h8-10H,3-7H2,1-2H3. The summed E-state index contributed by atoms with van der Waals surface area (Å²) in [4.78, 5) is 25.7. The Morgan fingerprint density at radius 3 is 2.28 bits per heavy atom. The summed E-state index contributed by atoms with van der Waals surface area (Å²) in [6.07, 6.45) is 5.59. The van der Waals surface area contributed by atoms with Gasteiger partial charge < -0.3 is 0 Å². The number of unbranched alkanes of at least 4 members (excludes halogenated alkanes) is 3. The lowest BCUT2D eigenvalue weighted by Crippen LogP contribution is -2.38. The molecule has 1 aromatic rings. The quantitative estimate of drug-likeness (QED) is 0.581. The normalized spacial score (nSPS) is 16.2. The van der Waals surface area contributed by atoms with E-state index in [9.17, 15) is 9.59 Å². The van der Waals surface area contributed by atoms with Gasteiger partial charge in [-0.05, 0) is 13.3 Å². The summed E-state index contributed by atoms with van der Waals surface area (Å²) in [5.41, 5.74) is 1.18. The van der Waals surface area contributed by atoms with Crippen LogP contribution in [0.4, 0.5) is 0 Å². The zero-order valence-corrected chi connectivity index (χ0v) is 11.8. The number of amides is 2. The molecular weight excluding hydrogens is 246 g/mol. The molecule has 0 N–H and O–H groups in total. The van der Waals surface area contributed by atoms with Crippen LogP contribution in [-0.4, -0.2) is 22.8 Å². The van der Waals surface area contributed by atoms with E-state index in [-0.39, 0.29) is 17.9 Å². The van der Waals surface area contributed by atoms with Crippen molar-refractivity contribution in [2.45, 2.75) is 52.0 Å². The zero-order valence-electron chi connectivity index (χ0n) is 10.9. The Morgan fingerprint density at radius 1 is 1.11 bits per heavy atom. The van der Waals surface area contributed by atoms with Crippen LogP contribution in [0.2, 0.25) is 0 Å². The number of nitrogens with zero attached hydrogens (tertiary/aromatic N) is 1. The molecule has 0 radical (unpaired) electrons. The first-order valence-corrected chi connectivity index (χ1v) is 7.55. The SMILES string of the molecule is CCCCCCC(C)N1C(=O)c2cscc2C1=O. The number of hydrogen-bond acceptors (Lipinski definition) is 3. The second-order valence-electron chi connectivity index (χ2n) is 4.88. The monoisotopic (exact) mass is 265 g/mol. The molecule has 3 nitrogen and oxygen atoms in total. The van der Waals surface area contributed by atoms with Gasteiger partial charge in [0.25, 0.3) is 11.8 Å². The molecule has 0 spiro atoms. The van der Waals surface area contributed by atoms with E-state index in [4.69, 9.17) is 0 Å². The van der Waals surface area contributed by atoms with Crippen molar-refractivity contribution in [3.63, 3.8) is 0 Å². The Balaban J connectivity index is 1.96. The Kier molecular flexibility index (Phi) is 4.17. The highest BCUT2D eigenvalue weighted by atomic mass is 32.1. The van der Waals surface area contributed by atoms with E-state index in [0.29, 0.717) is 11.1 Å². The Labute approximate surface area is 112 Å². The van der Waals surface area contributed by atoms with Gasteiger partial charge in [0.1, 0.15) is 0 Å². The number of carbonyl (C=O) groups excluding carboxylic acids is 2. The van der Waals surface area contributed by atoms with E-state index >= 15 is 0 Å². The summed E-state index contributed by atoms with van der Waals surface area (Å²) >= 11 is 1.42. The molecule has 0 aliphatic carbocycles. The van der Waals surface area contributed by atoms with Gasteiger partial charge in [-0.25, -0.2) is 0 Å². The molecule has 2 rings (SSSR count). The Bertz CT molecular complexity index is 422. The second kappa shape index (κ2) is 5.65. The van der Waals surface area contributed by atoms with Crippen LogP contribution in [0.15, 0.2) is 10.8 Å². The van der Waals surface area contributed by atoms with Crippen LogP contribution in [-0.2, 0) is 0 Å². The third-order valence-electron chi connectivity index (χ3n) is 3.48. The maximum Gasteiger partial charge on any atom is 0.262 e. The molecule has 0 saturated heterocycles. The Hall–Kier alpha value is -1.16. The smallest absolute Gasteiger partial charge is 0.262 e. The van der Waals surface area contributed by atoms with Crippen LogP contribution in [0.3, 0.4) is 0 Å². The van der Waals surface area contributed by atoms with Gasteiger partial charge >= 0.3 is 0 Å². The van der Waals surface area contributed by atoms with Crippen LogP contribution in [0, 0.1) is 0 Å². The van der Waals surface area contributed by atoms with Crippen molar-refractivity contribution in [2.24, 2.45) is 0 Å². The molecule has 2 amide bonds. The molecule has 2 heterocycles. The zero-order chi connectivity index (χ0) is 13.1. The van der Waals surface area contributed by atoms with Crippen molar-refractivity contribution in [3.8, 4) is 0 Å². The largest absolute Gasteiger partial charge is 0.271 e. The molecule has 1 atom stereocenters. The van der Waals surface area contributed by atoms with Gasteiger partial charge in [-0.15, -0.1) is 0 Å². The summed E-state index contributed by atoms with van der Waals surface area (Å²) in [7, 11) is 0. The van der Waals surface area contributed by atoms with Crippen molar-refractivity contribution in [1.82, 2.24) is 4.90 Å². The van der Waals surface area contributed by atoms with Gasteiger partial charge in [0.15, 0.2) is 0 Å². The van der Waals surface area contributed by atoms with Gasteiger partial charge in [0.05, 0.1) is 11.1 Å². The maximum atomic E-state index is 12.1. The maximum absolute atomic E-state index is 12.1. The molecule has 1 aromatic heterocycles. The van der Waals surface area contributed by atoms with Crippen molar-refractivity contribution < 1.29 is 9.59 Å². The average Bonchev–Trinajstić information content (AvgIpc) is 2.90. The van der Waals surface area contributed by atoms with Gasteiger partial charge in [0.2, 0.25) is 0 Å².